The fraction of sp³-hybridized carbons (Fsp3) is 0.125. The first-order valence-corrected chi connectivity index (χ1v) is 9.84. The summed E-state index contributed by atoms with van der Waals surface area (Å²) in [5.74, 6) is 0.544. The highest BCUT2D eigenvalue weighted by Gasteiger charge is 2.17. The summed E-state index contributed by atoms with van der Waals surface area (Å²) in [6, 6.07) is 18.6. The Hall–Kier alpha value is -4.17. The van der Waals surface area contributed by atoms with Crippen molar-refractivity contribution >= 4 is 5.97 Å². The van der Waals surface area contributed by atoms with Crippen LogP contribution >= 0.6 is 0 Å². The number of phenols is 1. The second-order valence-electron chi connectivity index (χ2n) is 7.23. The predicted octanol–water partition coefficient (Wildman–Crippen LogP) is 3.74. The smallest absolute Gasteiger partial charge is 0.320 e. The number of methoxy groups -OCH3 is 1. The summed E-state index contributed by atoms with van der Waals surface area (Å²) in [5.41, 5.74) is 9.52. The number of carboxylic acids is 1. The van der Waals surface area contributed by atoms with Gasteiger partial charge < -0.3 is 25.2 Å². The molecule has 1 atom stereocenters. The zero-order valence-electron chi connectivity index (χ0n) is 17.2. The number of carboxylic acid groups (broad SMARTS) is 1. The lowest BCUT2D eigenvalue weighted by atomic mass is 9.99. The number of phenolic OH excluding ortho intramolecular Hbond substituents is 1. The molecule has 3 aromatic carbocycles. The molecule has 1 aromatic heterocycles. The van der Waals surface area contributed by atoms with Crippen LogP contribution in [-0.4, -0.2) is 39.5 Å². The largest absolute Gasteiger partial charge is 0.508 e. The Morgan fingerprint density at radius 3 is 2.38 bits per heavy atom. The second-order valence-corrected chi connectivity index (χ2v) is 7.23. The van der Waals surface area contributed by atoms with Crippen molar-refractivity contribution in [3.8, 4) is 45.5 Å². The van der Waals surface area contributed by atoms with Gasteiger partial charge in [-0.3, -0.25) is 4.79 Å². The van der Waals surface area contributed by atoms with Gasteiger partial charge in [-0.25, -0.2) is 0 Å². The summed E-state index contributed by atoms with van der Waals surface area (Å²) in [4.78, 5) is 15.5. The van der Waals surface area contributed by atoms with Crippen molar-refractivity contribution in [2.24, 2.45) is 5.73 Å². The number of nitrogens with zero attached hydrogens (tertiary/aromatic N) is 2. The SMILES string of the molecule is COc1ccc(-c2nc(-c3ccc(C[C@H](N)C(=O)O)cc3)no2)c(-c2ccc(O)cc2)c1. The average molecular weight is 431 g/mol. The Morgan fingerprint density at radius 1 is 1.03 bits per heavy atom. The van der Waals surface area contributed by atoms with Crippen LogP contribution in [0.3, 0.4) is 0 Å². The van der Waals surface area contributed by atoms with Crippen LogP contribution in [0.25, 0.3) is 34.0 Å². The fourth-order valence-electron chi connectivity index (χ4n) is 3.30. The van der Waals surface area contributed by atoms with E-state index >= 15 is 0 Å². The van der Waals surface area contributed by atoms with Crippen LogP contribution in [0.4, 0.5) is 0 Å². The minimum absolute atomic E-state index is 0.172. The van der Waals surface area contributed by atoms with Crippen LogP contribution in [0, 0.1) is 0 Å². The summed E-state index contributed by atoms with van der Waals surface area (Å²) in [5, 5.41) is 22.7. The Bertz CT molecular complexity index is 1230. The maximum absolute atomic E-state index is 10.9. The van der Waals surface area contributed by atoms with Crippen molar-refractivity contribution in [1.82, 2.24) is 10.1 Å². The first kappa shape index (κ1) is 21.1. The zero-order chi connectivity index (χ0) is 22.7. The number of ether oxygens (including phenoxy) is 1. The van der Waals surface area contributed by atoms with Crippen LogP contribution in [0.5, 0.6) is 11.5 Å². The molecule has 0 saturated heterocycles. The number of rotatable bonds is 7. The molecule has 4 rings (SSSR count). The Labute approximate surface area is 183 Å². The molecule has 0 unspecified atom stereocenters. The minimum atomic E-state index is -1.04. The normalized spacial score (nSPS) is 11.8. The van der Waals surface area contributed by atoms with Gasteiger partial charge in [-0.15, -0.1) is 0 Å². The van der Waals surface area contributed by atoms with Gasteiger partial charge in [0.15, 0.2) is 0 Å². The van der Waals surface area contributed by atoms with Crippen molar-refractivity contribution in [2.75, 3.05) is 7.11 Å². The Kier molecular flexibility index (Phi) is 5.87. The molecule has 0 aliphatic rings. The Morgan fingerprint density at radius 2 is 1.72 bits per heavy atom. The number of hydrogen-bond donors (Lipinski definition) is 3. The molecule has 8 nitrogen and oxygen atoms in total. The van der Waals surface area contributed by atoms with E-state index in [0.29, 0.717) is 17.5 Å². The Balaban J connectivity index is 1.65. The van der Waals surface area contributed by atoms with E-state index in [1.807, 2.05) is 18.2 Å². The second kappa shape index (κ2) is 8.91. The molecular weight excluding hydrogens is 410 g/mol. The highest BCUT2D eigenvalue weighted by atomic mass is 16.5. The van der Waals surface area contributed by atoms with E-state index in [2.05, 4.69) is 10.1 Å². The first-order chi connectivity index (χ1) is 15.4. The molecule has 4 aromatic rings. The van der Waals surface area contributed by atoms with Gasteiger partial charge in [0, 0.05) is 11.1 Å². The van der Waals surface area contributed by atoms with Crippen molar-refractivity contribution in [3.63, 3.8) is 0 Å². The standard InChI is InChI=1S/C24H21N3O5/c1-31-18-10-11-19(20(13-18)15-6-8-17(28)9-7-15)23-26-22(27-32-23)16-4-2-14(3-5-16)12-21(25)24(29)30/h2-11,13,21,28H,12,25H2,1H3,(H,29,30)/t21-/m0/s1. The molecule has 0 fully saturated rings. The van der Waals surface area contributed by atoms with Crippen molar-refractivity contribution in [1.29, 1.82) is 0 Å². The van der Waals surface area contributed by atoms with Crippen LogP contribution in [0.1, 0.15) is 5.56 Å². The van der Waals surface area contributed by atoms with Crippen LogP contribution in [0.15, 0.2) is 71.3 Å². The highest BCUT2D eigenvalue weighted by molar-refractivity contribution is 5.81. The number of aliphatic carboxylic acids is 1. The number of aromatic nitrogens is 2. The summed E-state index contributed by atoms with van der Waals surface area (Å²) in [6.45, 7) is 0. The lowest BCUT2D eigenvalue weighted by molar-refractivity contribution is -0.138. The maximum Gasteiger partial charge on any atom is 0.320 e. The lowest BCUT2D eigenvalue weighted by Crippen LogP contribution is -2.32. The van der Waals surface area contributed by atoms with Crippen molar-refractivity contribution in [3.05, 3.63) is 72.3 Å². The first-order valence-electron chi connectivity index (χ1n) is 9.84. The number of aromatic hydroxyl groups is 1. The monoisotopic (exact) mass is 431 g/mol. The summed E-state index contributed by atoms with van der Waals surface area (Å²) >= 11 is 0. The molecule has 1 heterocycles. The van der Waals surface area contributed by atoms with E-state index < -0.39 is 12.0 Å². The van der Waals surface area contributed by atoms with Gasteiger partial charge in [-0.2, -0.15) is 4.98 Å². The van der Waals surface area contributed by atoms with E-state index in [9.17, 15) is 9.90 Å². The summed E-state index contributed by atoms with van der Waals surface area (Å²) in [6.07, 6.45) is 0.231. The number of carbonyl (C=O) groups is 1. The molecule has 0 radical (unpaired) electrons. The molecule has 0 bridgehead atoms. The van der Waals surface area contributed by atoms with E-state index in [0.717, 1.165) is 27.8 Å². The summed E-state index contributed by atoms with van der Waals surface area (Å²) < 4.78 is 10.9. The molecule has 0 saturated carbocycles. The van der Waals surface area contributed by atoms with Crippen LogP contribution in [-0.2, 0) is 11.2 Å². The third-order valence-electron chi connectivity index (χ3n) is 5.05. The molecule has 8 heteroatoms. The van der Waals surface area contributed by atoms with E-state index in [1.54, 1.807) is 55.6 Å². The number of nitrogens with two attached hydrogens (primary N) is 1. The fourth-order valence-corrected chi connectivity index (χ4v) is 3.30. The van der Waals surface area contributed by atoms with E-state index in [4.69, 9.17) is 20.1 Å². The van der Waals surface area contributed by atoms with E-state index in [1.165, 1.54) is 0 Å². The molecule has 0 spiro atoms. The van der Waals surface area contributed by atoms with Gasteiger partial charge in [-0.1, -0.05) is 41.6 Å². The molecule has 4 N–H and O–H groups in total. The third kappa shape index (κ3) is 4.45. The van der Waals surface area contributed by atoms with Crippen molar-refractivity contribution in [2.45, 2.75) is 12.5 Å². The molecule has 0 aliphatic heterocycles. The minimum Gasteiger partial charge on any atom is -0.508 e. The third-order valence-corrected chi connectivity index (χ3v) is 5.05. The number of benzene rings is 3. The highest BCUT2D eigenvalue weighted by Crippen LogP contribution is 2.35. The molecule has 32 heavy (non-hydrogen) atoms. The van der Waals surface area contributed by atoms with Crippen molar-refractivity contribution < 1.29 is 24.3 Å². The van der Waals surface area contributed by atoms with Crippen LogP contribution < -0.4 is 10.5 Å². The topological polar surface area (TPSA) is 132 Å². The van der Waals surface area contributed by atoms with Gasteiger partial charge in [0.05, 0.1) is 7.11 Å². The summed E-state index contributed by atoms with van der Waals surface area (Å²) in [7, 11) is 1.59. The zero-order valence-corrected chi connectivity index (χ0v) is 17.2. The van der Waals surface area contributed by atoms with Gasteiger partial charge in [0.1, 0.15) is 17.5 Å². The van der Waals surface area contributed by atoms with Crippen LogP contribution in [0.2, 0.25) is 0 Å². The molecule has 0 amide bonds. The van der Waals surface area contributed by atoms with Gasteiger partial charge in [-0.05, 0) is 53.4 Å². The van der Waals surface area contributed by atoms with E-state index in [-0.39, 0.29) is 12.2 Å². The van der Waals surface area contributed by atoms with Gasteiger partial charge in [0.25, 0.3) is 5.89 Å². The average Bonchev–Trinajstić information content (AvgIpc) is 3.29. The van der Waals surface area contributed by atoms with Gasteiger partial charge in [0.2, 0.25) is 5.82 Å². The lowest BCUT2D eigenvalue weighted by Gasteiger charge is -2.09. The molecule has 162 valence electrons. The maximum atomic E-state index is 10.9. The predicted molar refractivity (Wildman–Crippen MR) is 118 cm³/mol. The molecular formula is C24H21N3O5. The van der Waals surface area contributed by atoms with Gasteiger partial charge >= 0.3 is 5.97 Å². The molecule has 0 aliphatic carbocycles. The quantitative estimate of drug-likeness (QED) is 0.403. The number of hydrogen-bond acceptors (Lipinski definition) is 7.